The molecule has 24 heavy (non-hydrogen) atoms. The normalized spacial score (nSPS) is 21.3. The molecule has 1 saturated heterocycles. The molecular weight excluding hydrogens is 323 g/mol. The van der Waals surface area contributed by atoms with Crippen molar-refractivity contribution < 1.29 is 27.5 Å². The minimum atomic E-state index is -4.52. The van der Waals surface area contributed by atoms with Crippen LogP contribution in [0.3, 0.4) is 0 Å². The number of likely N-dealkylation sites (tertiary alicyclic amines) is 1. The molecule has 1 aromatic heterocycles. The lowest BCUT2D eigenvalue weighted by Gasteiger charge is -2.27. The predicted octanol–water partition coefficient (Wildman–Crippen LogP) is 3.55. The van der Waals surface area contributed by atoms with Crippen LogP contribution in [0.2, 0.25) is 0 Å². The Bertz CT molecular complexity index is 754. The van der Waals surface area contributed by atoms with E-state index in [1.807, 2.05) is 0 Å². The third-order valence-electron chi connectivity index (χ3n) is 4.25. The third-order valence-corrected chi connectivity index (χ3v) is 4.25. The van der Waals surface area contributed by atoms with Gasteiger partial charge < -0.3 is 14.4 Å². The summed E-state index contributed by atoms with van der Waals surface area (Å²) < 4.78 is 45.0. The molecule has 0 spiro atoms. The van der Waals surface area contributed by atoms with Crippen LogP contribution in [0.5, 0.6) is 0 Å². The molecule has 0 radical (unpaired) electrons. The molecule has 1 fully saturated rings. The van der Waals surface area contributed by atoms with Crippen molar-refractivity contribution in [3.8, 4) is 0 Å². The first kappa shape index (κ1) is 16.6. The van der Waals surface area contributed by atoms with Crippen LogP contribution in [-0.2, 0) is 6.18 Å². The summed E-state index contributed by atoms with van der Waals surface area (Å²) in [5.41, 5.74) is -0.500. The Kier molecular flexibility index (Phi) is 4.13. The lowest BCUT2D eigenvalue weighted by atomic mass is 9.97. The minimum Gasteiger partial charge on any atom is -0.469 e. The fourth-order valence-electron chi connectivity index (χ4n) is 3.14. The molecule has 1 N–H and O–H groups in total. The van der Waals surface area contributed by atoms with Crippen LogP contribution in [0.15, 0.2) is 41.0 Å². The van der Waals surface area contributed by atoms with Crippen LogP contribution >= 0.6 is 0 Å². The molecule has 2 heterocycles. The monoisotopic (exact) mass is 339 g/mol. The molecule has 128 valence electrons. The zero-order valence-electron chi connectivity index (χ0n) is 12.9. The van der Waals surface area contributed by atoms with Gasteiger partial charge in [0.05, 0.1) is 29.5 Å². The van der Waals surface area contributed by atoms with Gasteiger partial charge in [0.1, 0.15) is 5.76 Å². The fourth-order valence-corrected chi connectivity index (χ4v) is 3.14. The number of aliphatic hydroxyl groups is 1. The highest BCUT2D eigenvalue weighted by Gasteiger charge is 2.41. The summed E-state index contributed by atoms with van der Waals surface area (Å²) in [6.07, 6.45) is -3.97. The van der Waals surface area contributed by atoms with E-state index in [-0.39, 0.29) is 18.5 Å². The van der Waals surface area contributed by atoms with Gasteiger partial charge in [0.2, 0.25) is 0 Å². The SMILES string of the molecule is Cc1occc1C(=O)N1C[C@H](O)C[C@@H]1c1ccccc1C(F)(F)F. The van der Waals surface area contributed by atoms with Crippen LogP contribution in [-0.4, -0.2) is 28.6 Å². The number of β-amino-alcohol motifs (C(OH)–C–C–N with tert-alkyl or cyclic N) is 1. The molecule has 2 atom stereocenters. The quantitative estimate of drug-likeness (QED) is 0.910. The lowest BCUT2D eigenvalue weighted by Crippen LogP contribution is -2.32. The number of carbonyl (C=O) groups excluding carboxylic acids is 1. The van der Waals surface area contributed by atoms with Crippen molar-refractivity contribution in [3.05, 3.63) is 59.0 Å². The number of aliphatic hydroxyl groups excluding tert-OH is 1. The summed E-state index contributed by atoms with van der Waals surface area (Å²) >= 11 is 0. The van der Waals surface area contributed by atoms with Gasteiger partial charge in [0, 0.05) is 6.54 Å². The summed E-state index contributed by atoms with van der Waals surface area (Å²) in [5, 5.41) is 9.94. The van der Waals surface area contributed by atoms with Crippen molar-refractivity contribution in [1.82, 2.24) is 4.90 Å². The van der Waals surface area contributed by atoms with Gasteiger partial charge in [-0.3, -0.25) is 4.79 Å². The first-order valence-corrected chi connectivity index (χ1v) is 7.48. The van der Waals surface area contributed by atoms with E-state index >= 15 is 0 Å². The highest BCUT2D eigenvalue weighted by atomic mass is 19.4. The highest BCUT2D eigenvalue weighted by molar-refractivity contribution is 5.95. The largest absolute Gasteiger partial charge is 0.469 e. The summed E-state index contributed by atoms with van der Waals surface area (Å²) in [7, 11) is 0. The summed E-state index contributed by atoms with van der Waals surface area (Å²) in [6.45, 7) is 1.60. The molecular formula is C17H16F3NO3. The Labute approximate surface area is 136 Å². The van der Waals surface area contributed by atoms with Crippen molar-refractivity contribution in [1.29, 1.82) is 0 Å². The van der Waals surface area contributed by atoms with Crippen LogP contribution in [0.1, 0.15) is 39.7 Å². The number of alkyl halides is 3. The lowest BCUT2D eigenvalue weighted by molar-refractivity contribution is -0.138. The maximum Gasteiger partial charge on any atom is 0.416 e. The number of carbonyl (C=O) groups is 1. The number of furan rings is 1. The van der Waals surface area contributed by atoms with Crippen LogP contribution in [0, 0.1) is 6.92 Å². The van der Waals surface area contributed by atoms with Crippen molar-refractivity contribution in [2.45, 2.75) is 31.7 Å². The van der Waals surface area contributed by atoms with Crippen molar-refractivity contribution >= 4 is 5.91 Å². The molecule has 0 unspecified atom stereocenters. The van der Waals surface area contributed by atoms with E-state index in [0.29, 0.717) is 11.3 Å². The Hall–Kier alpha value is -2.28. The van der Waals surface area contributed by atoms with E-state index in [1.54, 1.807) is 6.92 Å². The number of hydrogen-bond acceptors (Lipinski definition) is 3. The van der Waals surface area contributed by atoms with E-state index in [0.717, 1.165) is 6.07 Å². The van der Waals surface area contributed by atoms with Gasteiger partial charge in [-0.05, 0) is 31.0 Å². The standard InChI is InChI=1S/C17H16F3NO3/c1-10-12(6-7-24-10)16(23)21-9-11(22)8-15(21)13-4-2-3-5-14(13)17(18,19)20/h2-7,11,15,22H,8-9H2,1H3/t11-,15-/m1/s1. The van der Waals surface area contributed by atoms with Gasteiger partial charge in [-0.25, -0.2) is 0 Å². The number of hydrogen-bond donors (Lipinski definition) is 1. The summed E-state index contributed by atoms with van der Waals surface area (Å²) in [4.78, 5) is 14.0. The highest BCUT2D eigenvalue weighted by Crippen LogP contribution is 2.41. The average Bonchev–Trinajstić information content (AvgIpc) is 3.11. The van der Waals surface area contributed by atoms with Gasteiger partial charge in [0.25, 0.3) is 5.91 Å². The average molecular weight is 339 g/mol. The molecule has 4 nitrogen and oxygen atoms in total. The second-order valence-electron chi connectivity index (χ2n) is 5.84. The van der Waals surface area contributed by atoms with E-state index in [2.05, 4.69) is 0 Å². The third kappa shape index (κ3) is 2.91. The van der Waals surface area contributed by atoms with Gasteiger partial charge in [0.15, 0.2) is 0 Å². The second-order valence-corrected chi connectivity index (χ2v) is 5.84. The number of amides is 1. The first-order valence-electron chi connectivity index (χ1n) is 7.48. The van der Waals surface area contributed by atoms with Crippen LogP contribution in [0.4, 0.5) is 13.2 Å². The second kappa shape index (κ2) is 5.98. The number of rotatable bonds is 2. The zero-order valence-corrected chi connectivity index (χ0v) is 12.9. The molecule has 7 heteroatoms. The predicted molar refractivity (Wildman–Crippen MR) is 79.3 cm³/mol. The molecule has 1 aromatic carbocycles. The first-order chi connectivity index (χ1) is 11.3. The smallest absolute Gasteiger partial charge is 0.416 e. The number of nitrogens with zero attached hydrogens (tertiary/aromatic N) is 1. The van der Waals surface area contributed by atoms with E-state index in [1.165, 1.54) is 35.4 Å². The number of aryl methyl sites for hydroxylation is 1. The molecule has 0 bridgehead atoms. The fraction of sp³-hybridized carbons (Fsp3) is 0.353. The van der Waals surface area contributed by atoms with Crippen LogP contribution in [0.25, 0.3) is 0 Å². The van der Waals surface area contributed by atoms with Crippen LogP contribution < -0.4 is 0 Å². The Morgan fingerprint density at radius 3 is 2.62 bits per heavy atom. The molecule has 1 aliphatic rings. The van der Waals surface area contributed by atoms with Gasteiger partial charge in [-0.2, -0.15) is 13.2 Å². The molecule has 1 amide bonds. The van der Waals surface area contributed by atoms with Gasteiger partial charge in [-0.15, -0.1) is 0 Å². The molecule has 0 aliphatic carbocycles. The maximum absolute atomic E-state index is 13.3. The topological polar surface area (TPSA) is 53.7 Å². The van der Waals surface area contributed by atoms with E-state index < -0.39 is 29.8 Å². The number of benzene rings is 1. The van der Waals surface area contributed by atoms with E-state index in [4.69, 9.17) is 4.42 Å². The van der Waals surface area contributed by atoms with E-state index in [9.17, 15) is 23.1 Å². The molecule has 0 saturated carbocycles. The molecule has 1 aliphatic heterocycles. The zero-order chi connectivity index (χ0) is 17.5. The number of halogens is 3. The molecule has 3 rings (SSSR count). The summed E-state index contributed by atoms with van der Waals surface area (Å²) in [6, 6.07) is 5.81. The Morgan fingerprint density at radius 1 is 1.29 bits per heavy atom. The summed E-state index contributed by atoms with van der Waals surface area (Å²) in [5.74, 6) is -0.0518. The van der Waals surface area contributed by atoms with Crippen molar-refractivity contribution in [2.75, 3.05) is 6.54 Å². The maximum atomic E-state index is 13.3. The Balaban J connectivity index is 2.01. The Morgan fingerprint density at radius 2 is 2.00 bits per heavy atom. The van der Waals surface area contributed by atoms with Gasteiger partial charge >= 0.3 is 6.18 Å². The van der Waals surface area contributed by atoms with Crippen molar-refractivity contribution in [2.24, 2.45) is 0 Å². The minimum absolute atomic E-state index is 0.00366. The van der Waals surface area contributed by atoms with Crippen molar-refractivity contribution in [3.63, 3.8) is 0 Å². The molecule has 2 aromatic rings. The van der Waals surface area contributed by atoms with Gasteiger partial charge in [-0.1, -0.05) is 18.2 Å².